The number of amides is 1. The van der Waals surface area contributed by atoms with Crippen molar-refractivity contribution in [1.82, 2.24) is 4.57 Å². The molecule has 5 nitrogen and oxygen atoms in total. The van der Waals surface area contributed by atoms with E-state index in [1.54, 1.807) is 13.0 Å². The average molecular weight is 467 g/mol. The second kappa shape index (κ2) is 17.2. The first-order valence-corrected chi connectivity index (χ1v) is 12.2. The molecule has 0 saturated carbocycles. The summed E-state index contributed by atoms with van der Waals surface area (Å²) < 4.78 is 6.45. The molecule has 186 valence electrons. The number of hydrogen-bond acceptors (Lipinski definition) is 3. The number of primary amides is 1. The summed E-state index contributed by atoms with van der Waals surface area (Å²) in [5.74, 6) is -0.394. The quantitative estimate of drug-likeness (QED) is 0.379. The Kier molecular flexibility index (Phi) is 15.5. The number of rotatable bonds is 7. The number of aromatic nitrogens is 1. The van der Waals surface area contributed by atoms with E-state index in [1.807, 2.05) is 46.8 Å². The summed E-state index contributed by atoms with van der Waals surface area (Å²) in [4.78, 5) is 20.6. The summed E-state index contributed by atoms with van der Waals surface area (Å²) in [7, 11) is 0. The van der Waals surface area contributed by atoms with Gasteiger partial charge in [-0.05, 0) is 68.7 Å². The monoisotopic (exact) mass is 466 g/mol. The van der Waals surface area contributed by atoms with Crippen molar-refractivity contribution in [1.29, 1.82) is 0 Å². The third-order valence-corrected chi connectivity index (χ3v) is 4.77. The SMILES string of the molecule is CC.CC.CCCc1ccc(-c2ccc(C)cc2)n1-c1ccc(C(N)=O)cc1C.CCOC=O. The molecule has 0 aliphatic heterocycles. The van der Waals surface area contributed by atoms with Crippen LogP contribution in [0.15, 0.2) is 54.6 Å². The minimum atomic E-state index is -0.394. The number of carbonyl (C=O) groups excluding carboxylic acids is 2. The largest absolute Gasteiger partial charge is 0.468 e. The highest BCUT2D eigenvalue weighted by Crippen LogP contribution is 2.29. The number of carbonyl (C=O) groups is 2. The van der Waals surface area contributed by atoms with Crippen LogP contribution in [-0.2, 0) is 16.0 Å². The molecule has 0 aliphatic carbocycles. The summed E-state index contributed by atoms with van der Waals surface area (Å²) in [6.07, 6.45) is 2.08. The molecular formula is C29H42N2O3. The molecule has 0 fully saturated rings. The van der Waals surface area contributed by atoms with Crippen LogP contribution in [0.4, 0.5) is 0 Å². The lowest BCUT2D eigenvalue weighted by Gasteiger charge is -2.17. The average Bonchev–Trinajstić information content (AvgIpc) is 3.26. The molecule has 2 N–H and O–H groups in total. The number of nitrogens with two attached hydrogens (primary N) is 1. The summed E-state index contributed by atoms with van der Waals surface area (Å²) in [6, 6.07) is 18.6. The van der Waals surface area contributed by atoms with E-state index in [1.165, 1.54) is 22.5 Å². The maximum Gasteiger partial charge on any atom is 0.293 e. The summed E-state index contributed by atoms with van der Waals surface area (Å²) in [6.45, 7) is 17.0. The van der Waals surface area contributed by atoms with E-state index in [0.717, 1.165) is 24.1 Å². The topological polar surface area (TPSA) is 74.3 Å². The fourth-order valence-electron chi connectivity index (χ4n) is 3.29. The number of benzene rings is 2. The Hall–Kier alpha value is -3.34. The zero-order valence-corrected chi connectivity index (χ0v) is 22.1. The smallest absolute Gasteiger partial charge is 0.293 e. The van der Waals surface area contributed by atoms with Crippen LogP contribution in [-0.4, -0.2) is 23.6 Å². The van der Waals surface area contributed by atoms with Crippen LogP contribution in [0.2, 0.25) is 0 Å². The molecule has 3 rings (SSSR count). The maximum absolute atomic E-state index is 11.5. The second-order valence-corrected chi connectivity index (χ2v) is 7.08. The second-order valence-electron chi connectivity index (χ2n) is 7.08. The van der Waals surface area contributed by atoms with Gasteiger partial charge in [0, 0.05) is 16.9 Å². The molecule has 0 atom stereocenters. The van der Waals surface area contributed by atoms with Crippen LogP contribution in [0.25, 0.3) is 16.9 Å². The molecule has 1 heterocycles. The molecule has 3 aromatic rings. The molecule has 0 unspecified atom stereocenters. The molecular weight excluding hydrogens is 424 g/mol. The van der Waals surface area contributed by atoms with Crippen molar-refractivity contribution >= 4 is 12.4 Å². The first kappa shape index (κ1) is 30.7. The predicted octanol–water partition coefficient (Wildman–Crippen LogP) is 7.04. The van der Waals surface area contributed by atoms with Gasteiger partial charge in [-0.25, -0.2) is 0 Å². The molecule has 1 amide bonds. The number of aryl methyl sites for hydroxylation is 3. The van der Waals surface area contributed by atoms with Crippen molar-refractivity contribution in [3.05, 3.63) is 77.0 Å². The standard InChI is InChI=1S/C22H24N2O.C3H6O2.2C2H6/c1-4-5-19-11-13-21(17-8-6-15(2)7-9-17)24(19)20-12-10-18(22(23)25)14-16(20)3;1-2-5-3-4;2*1-2/h6-14H,4-5H2,1-3H3,(H2,23,25);3H,2H2,1H3;2*1-2H3. The molecule has 5 heteroatoms. The van der Waals surface area contributed by atoms with Gasteiger partial charge in [0.25, 0.3) is 6.47 Å². The van der Waals surface area contributed by atoms with Crippen molar-refractivity contribution in [2.24, 2.45) is 5.73 Å². The third-order valence-electron chi connectivity index (χ3n) is 4.77. The van der Waals surface area contributed by atoms with Crippen LogP contribution >= 0.6 is 0 Å². The summed E-state index contributed by atoms with van der Waals surface area (Å²) in [5, 5.41) is 0. The first-order chi connectivity index (χ1) is 16.4. The predicted molar refractivity (Wildman–Crippen MR) is 144 cm³/mol. The van der Waals surface area contributed by atoms with Crippen molar-refractivity contribution in [2.75, 3.05) is 6.61 Å². The molecule has 1 aromatic heterocycles. The summed E-state index contributed by atoms with van der Waals surface area (Å²) in [5.41, 5.74) is 13.0. The lowest BCUT2D eigenvalue weighted by Crippen LogP contribution is -2.12. The van der Waals surface area contributed by atoms with Gasteiger partial charge in [-0.3, -0.25) is 9.59 Å². The van der Waals surface area contributed by atoms with Crippen LogP contribution in [0, 0.1) is 13.8 Å². The highest BCUT2D eigenvalue weighted by molar-refractivity contribution is 5.93. The number of nitrogens with zero attached hydrogens (tertiary/aromatic N) is 1. The van der Waals surface area contributed by atoms with Gasteiger partial charge in [0.15, 0.2) is 0 Å². The van der Waals surface area contributed by atoms with E-state index in [0.29, 0.717) is 18.6 Å². The minimum absolute atomic E-state index is 0.394. The van der Waals surface area contributed by atoms with E-state index < -0.39 is 5.91 Å². The van der Waals surface area contributed by atoms with Crippen LogP contribution in [0.5, 0.6) is 0 Å². The Morgan fingerprint density at radius 1 is 0.941 bits per heavy atom. The van der Waals surface area contributed by atoms with Gasteiger partial charge in [-0.2, -0.15) is 0 Å². The molecule has 34 heavy (non-hydrogen) atoms. The Morgan fingerprint density at radius 2 is 1.56 bits per heavy atom. The van der Waals surface area contributed by atoms with Crippen molar-refractivity contribution in [3.8, 4) is 16.9 Å². The van der Waals surface area contributed by atoms with E-state index in [4.69, 9.17) is 5.73 Å². The molecule has 0 radical (unpaired) electrons. The lowest BCUT2D eigenvalue weighted by molar-refractivity contribution is -0.128. The zero-order valence-electron chi connectivity index (χ0n) is 22.1. The van der Waals surface area contributed by atoms with Gasteiger partial charge in [0.05, 0.1) is 12.3 Å². The summed E-state index contributed by atoms with van der Waals surface area (Å²) >= 11 is 0. The fourth-order valence-corrected chi connectivity index (χ4v) is 3.29. The molecule has 2 aromatic carbocycles. The van der Waals surface area contributed by atoms with Crippen molar-refractivity contribution < 1.29 is 14.3 Å². The Morgan fingerprint density at radius 3 is 2.00 bits per heavy atom. The van der Waals surface area contributed by atoms with Gasteiger partial charge < -0.3 is 15.0 Å². The van der Waals surface area contributed by atoms with Crippen molar-refractivity contribution in [3.63, 3.8) is 0 Å². The van der Waals surface area contributed by atoms with Crippen LogP contribution in [0.1, 0.15) is 75.1 Å². The van der Waals surface area contributed by atoms with Gasteiger partial charge in [0.1, 0.15) is 0 Å². The molecule has 0 bridgehead atoms. The Labute approximate surface area is 206 Å². The highest BCUT2D eigenvalue weighted by atomic mass is 16.5. The molecule has 0 aliphatic rings. The Balaban J connectivity index is 0.00000106. The van der Waals surface area contributed by atoms with E-state index in [9.17, 15) is 9.59 Å². The maximum atomic E-state index is 11.5. The van der Waals surface area contributed by atoms with E-state index in [-0.39, 0.29) is 0 Å². The molecule has 0 saturated heterocycles. The van der Waals surface area contributed by atoms with E-state index in [2.05, 4.69) is 59.5 Å². The highest BCUT2D eigenvalue weighted by Gasteiger charge is 2.14. The number of ether oxygens (including phenoxy) is 1. The van der Waals surface area contributed by atoms with Gasteiger partial charge >= 0.3 is 0 Å². The fraction of sp³-hybridized carbons (Fsp3) is 0.379. The lowest BCUT2D eigenvalue weighted by atomic mass is 10.1. The normalized spacial score (nSPS) is 9.29. The van der Waals surface area contributed by atoms with Gasteiger partial charge in [-0.1, -0.05) is 70.9 Å². The minimum Gasteiger partial charge on any atom is -0.468 e. The van der Waals surface area contributed by atoms with Crippen molar-refractivity contribution in [2.45, 2.75) is 68.2 Å². The first-order valence-electron chi connectivity index (χ1n) is 12.2. The number of hydrogen-bond donors (Lipinski definition) is 1. The van der Waals surface area contributed by atoms with E-state index >= 15 is 0 Å². The van der Waals surface area contributed by atoms with Crippen LogP contribution < -0.4 is 5.73 Å². The third kappa shape index (κ3) is 8.89. The molecule has 0 spiro atoms. The van der Waals surface area contributed by atoms with Gasteiger partial charge in [0.2, 0.25) is 5.91 Å². The van der Waals surface area contributed by atoms with Crippen LogP contribution in [0.3, 0.4) is 0 Å². The Bertz CT molecular complexity index is 989. The zero-order chi connectivity index (χ0) is 26.1. The van der Waals surface area contributed by atoms with Gasteiger partial charge in [-0.15, -0.1) is 0 Å².